The normalized spacial score (nSPS) is 18.1. The first-order valence-electron chi connectivity index (χ1n) is 10.9. The second kappa shape index (κ2) is 10.4. The minimum Gasteiger partial charge on any atom is -0.379 e. The molecule has 0 atom stereocenters. The summed E-state index contributed by atoms with van der Waals surface area (Å²) in [6.07, 6.45) is 1.52. The molecule has 10 nitrogen and oxygen atoms in total. The number of hydrogen-bond acceptors (Lipinski definition) is 8. The van der Waals surface area contributed by atoms with Crippen molar-refractivity contribution < 1.29 is 18.1 Å². The van der Waals surface area contributed by atoms with Gasteiger partial charge in [-0.25, -0.2) is 8.42 Å². The number of ether oxygens (including phenoxy) is 1. The van der Waals surface area contributed by atoms with Gasteiger partial charge in [0, 0.05) is 57.3 Å². The molecule has 2 heterocycles. The molecule has 2 aromatic rings. The van der Waals surface area contributed by atoms with Crippen LogP contribution in [0.15, 0.2) is 58.5 Å². The van der Waals surface area contributed by atoms with E-state index in [0.717, 1.165) is 44.3 Å². The fourth-order valence-electron chi connectivity index (χ4n) is 3.92. The molecule has 0 unspecified atom stereocenters. The predicted octanol–water partition coefficient (Wildman–Crippen LogP) is 2.68. The van der Waals surface area contributed by atoms with Crippen LogP contribution in [0.25, 0.3) is 0 Å². The van der Waals surface area contributed by atoms with Gasteiger partial charge < -0.3 is 4.74 Å². The molecular weight excluding hydrogens is 446 g/mol. The first-order chi connectivity index (χ1) is 15.9. The Kier molecular flexibility index (Phi) is 7.33. The minimum atomic E-state index is -3.82. The molecule has 176 valence electrons. The highest BCUT2D eigenvalue weighted by Crippen LogP contribution is 2.29. The second-order valence-corrected chi connectivity index (χ2v) is 9.94. The van der Waals surface area contributed by atoms with Gasteiger partial charge in [-0.15, -0.1) is 0 Å². The minimum absolute atomic E-state index is 0.108. The Morgan fingerprint density at radius 3 is 2.39 bits per heavy atom. The Morgan fingerprint density at radius 1 is 1.03 bits per heavy atom. The molecule has 0 spiro atoms. The molecule has 0 amide bonds. The van der Waals surface area contributed by atoms with Crippen LogP contribution in [0, 0.1) is 10.1 Å². The quantitative estimate of drug-likeness (QED) is 0.485. The first-order valence-corrected chi connectivity index (χ1v) is 12.3. The van der Waals surface area contributed by atoms with Crippen molar-refractivity contribution in [3.63, 3.8) is 0 Å². The molecule has 2 saturated heterocycles. The maximum Gasteiger partial charge on any atom is 0.295 e. The van der Waals surface area contributed by atoms with E-state index in [1.165, 1.54) is 22.0 Å². The zero-order valence-corrected chi connectivity index (χ0v) is 19.0. The Hall–Kier alpha value is -2.86. The summed E-state index contributed by atoms with van der Waals surface area (Å²) in [6.45, 7) is 3.66. The van der Waals surface area contributed by atoms with Crippen molar-refractivity contribution in [3.8, 4) is 0 Å². The highest BCUT2D eigenvalue weighted by atomic mass is 32.2. The Labute approximate surface area is 193 Å². The van der Waals surface area contributed by atoms with Gasteiger partial charge in [-0.2, -0.15) is 9.41 Å². The summed E-state index contributed by atoms with van der Waals surface area (Å²) in [6, 6.07) is 14.1. The molecule has 0 aromatic heterocycles. The average Bonchev–Trinajstić information content (AvgIpc) is 2.84. The predicted molar refractivity (Wildman–Crippen MR) is 125 cm³/mol. The van der Waals surface area contributed by atoms with Crippen LogP contribution in [0.3, 0.4) is 0 Å². The molecule has 0 saturated carbocycles. The van der Waals surface area contributed by atoms with Crippen LogP contribution in [0.2, 0.25) is 0 Å². The lowest BCUT2D eigenvalue weighted by Crippen LogP contribution is -2.40. The van der Waals surface area contributed by atoms with Gasteiger partial charge in [-0.1, -0.05) is 30.3 Å². The van der Waals surface area contributed by atoms with Gasteiger partial charge in [-0.3, -0.25) is 20.4 Å². The Balaban J connectivity index is 1.42. The van der Waals surface area contributed by atoms with E-state index < -0.39 is 14.9 Å². The molecule has 2 aromatic carbocycles. The summed E-state index contributed by atoms with van der Waals surface area (Å²) in [4.78, 5) is 13.3. The summed E-state index contributed by atoms with van der Waals surface area (Å²) in [5.41, 5.74) is 4.82. The maximum absolute atomic E-state index is 12.8. The number of likely N-dealkylation sites (tertiary alicyclic amines) is 1. The number of rotatable bonds is 7. The van der Waals surface area contributed by atoms with Crippen LogP contribution >= 0.6 is 0 Å². The number of nitrogens with zero attached hydrogens (tertiary/aromatic N) is 4. The fraction of sp³-hybridized carbons (Fsp3) is 0.409. The number of benzene rings is 2. The van der Waals surface area contributed by atoms with Gasteiger partial charge in [0.1, 0.15) is 5.69 Å². The van der Waals surface area contributed by atoms with Gasteiger partial charge in [-0.05, 0) is 17.7 Å². The molecule has 11 heteroatoms. The highest BCUT2D eigenvalue weighted by Gasteiger charge is 2.29. The standard InChI is InChI=1S/C22H27N5O5S/c28-27(29)22-16-20(33(30,31)26-12-14-32-15-13-26)6-7-21(22)24-23-19-8-10-25(11-9-19)17-18-4-2-1-3-5-18/h1-7,16,24H,8-15,17H2. The zero-order chi connectivity index (χ0) is 23.3. The monoisotopic (exact) mass is 473 g/mol. The van der Waals surface area contributed by atoms with Crippen molar-refractivity contribution in [2.45, 2.75) is 24.3 Å². The molecule has 0 aliphatic carbocycles. The lowest BCUT2D eigenvalue weighted by molar-refractivity contribution is -0.384. The first kappa shape index (κ1) is 23.3. The van der Waals surface area contributed by atoms with Crippen LogP contribution < -0.4 is 5.43 Å². The third kappa shape index (κ3) is 5.74. The average molecular weight is 474 g/mol. The van der Waals surface area contributed by atoms with Crippen LogP contribution in [0.4, 0.5) is 11.4 Å². The van der Waals surface area contributed by atoms with E-state index in [0.29, 0.717) is 13.2 Å². The van der Waals surface area contributed by atoms with Crippen LogP contribution in [-0.4, -0.2) is 67.7 Å². The molecular formula is C22H27N5O5S. The highest BCUT2D eigenvalue weighted by molar-refractivity contribution is 7.89. The topological polar surface area (TPSA) is 117 Å². The molecule has 2 fully saturated rings. The third-order valence-corrected chi connectivity index (χ3v) is 7.69. The van der Waals surface area contributed by atoms with Crippen LogP contribution in [0.1, 0.15) is 18.4 Å². The second-order valence-electron chi connectivity index (χ2n) is 8.00. The SMILES string of the molecule is O=[N+]([O-])c1cc(S(=O)(=O)N2CCOCC2)ccc1NN=C1CCN(Cc2ccccc2)CC1. The van der Waals surface area contributed by atoms with Gasteiger partial charge in [0.25, 0.3) is 5.69 Å². The molecule has 2 aliphatic rings. The number of nitrogens with one attached hydrogen (secondary N) is 1. The van der Waals surface area contributed by atoms with Crippen molar-refractivity contribution in [1.29, 1.82) is 0 Å². The maximum atomic E-state index is 12.8. The molecule has 4 rings (SSSR count). The van der Waals surface area contributed by atoms with Crippen molar-refractivity contribution in [2.24, 2.45) is 5.10 Å². The Bertz CT molecular complexity index is 1110. The smallest absolute Gasteiger partial charge is 0.295 e. The summed E-state index contributed by atoms with van der Waals surface area (Å²) < 4.78 is 32.2. The summed E-state index contributed by atoms with van der Waals surface area (Å²) in [5.74, 6) is 0. The number of anilines is 1. The van der Waals surface area contributed by atoms with Gasteiger partial charge in [0.05, 0.1) is 23.0 Å². The van der Waals surface area contributed by atoms with E-state index in [9.17, 15) is 18.5 Å². The number of nitro benzene ring substituents is 1. The van der Waals surface area contributed by atoms with Crippen molar-refractivity contribution in [2.75, 3.05) is 44.8 Å². The van der Waals surface area contributed by atoms with Crippen molar-refractivity contribution in [3.05, 3.63) is 64.2 Å². The van der Waals surface area contributed by atoms with Gasteiger partial charge >= 0.3 is 0 Å². The van der Waals surface area contributed by atoms with Crippen LogP contribution in [-0.2, 0) is 21.3 Å². The number of nitro groups is 1. The Morgan fingerprint density at radius 2 is 1.73 bits per heavy atom. The van der Waals surface area contributed by atoms with Crippen LogP contribution in [0.5, 0.6) is 0 Å². The van der Waals surface area contributed by atoms with E-state index in [-0.39, 0.29) is 29.4 Å². The molecule has 0 radical (unpaired) electrons. The largest absolute Gasteiger partial charge is 0.379 e. The summed E-state index contributed by atoms with van der Waals surface area (Å²) in [5, 5.41) is 16.0. The van der Waals surface area contributed by atoms with Gasteiger partial charge in [0.2, 0.25) is 10.0 Å². The number of hydrogen-bond donors (Lipinski definition) is 1. The molecule has 0 bridgehead atoms. The van der Waals surface area contributed by atoms with E-state index in [1.807, 2.05) is 18.2 Å². The zero-order valence-electron chi connectivity index (χ0n) is 18.2. The number of piperidine rings is 1. The molecule has 2 aliphatic heterocycles. The van der Waals surface area contributed by atoms with E-state index in [1.54, 1.807) is 0 Å². The molecule has 33 heavy (non-hydrogen) atoms. The number of sulfonamides is 1. The number of hydrazone groups is 1. The van der Waals surface area contributed by atoms with E-state index >= 15 is 0 Å². The molecule has 1 N–H and O–H groups in total. The fourth-order valence-corrected chi connectivity index (χ4v) is 5.34. The lowest BCUT2D eigenvalue weighted by atomic mass is 10.1. The van der Waals surface area contributed by atoms with Gasteiger partial charge in [0.15, 0.2) is 0 Å². The van der Waals surface area contributed by atoms with E-state index in [2.05, 4.69) is 27.6 Å². The van der Waals surface area contributed by atoms with Crippen molar-refractivity contribution in [1.82, 2.24) is 9.21 Å². The number of morpholine rings is 1. The summed E-state index contributed by atoms with van der Waals surface area (Å²) >= 11 is 0. The van der Waals surface area contributed by atoms with E-state index in [4.69, 9.17) is 4.74 Å². The summed E-state index contributed by atoms with van der Waals surface area (Å²) in [7, 11) is -3.82. The third-order valence-electron chi connectivity index (χ3n) is 5.79. The lowest BCUT2D eigenvalue weighted by Gasteiger charge is -2.27. The van der Waals surface area contributed by atoms with Crippen molar-refractivity contribution >= 4 is 27.1 Å².